The molecule has 14 heavy (non-hydrogen) atoms. The molecule has 4 N–H and O–H groups in total. The van der Waals surface area contributed by atoms with Gasteiger partial charge < -0.3 is 15.9 Å². The van der Waals surface area contributed by atoms with Gasteiger partial charge in [-0.2, -0.15) is 0 Å². The average molecular weight is 321 g/mol. The monoisotopic (exact) mass is 321 g/mol. The molecule has 7 heteroatoms. The van der Waals surface area contributed by atoms with Gasteiger partial charge in [0.2, 0.25) is 0 Å². The van der Waals surface area contributed by atoms with Crippen molar-refractivity contribution >= 4 is 17.6 Å². The SMILES string of the molecule is Nc1cc(C(=O)O)nc(C(=O)O)c1.[La]. The second-order valence-corrected chi connectivity index (χ2v) is 2.28. The Bertz CT molecular complexity index is 348. The van der Waals surface area contributed by atoms with Crippen molar-refractivity contribution in [3.63, 3.8) is 0 Å². The van der Waals surface area contributed by atoms with Gasteiger partial charge in [-0.15, -0.1) is 0 Å². The van der Waals surface area contributed by atoms with Crippen LogP contribution >= 0.6 is 0 Å². The van der Waals surface area contributed by atoms with Gasteiger partial charge in [0.15, 0.2) is 11.4 Å². The molecule has 0 bridgehead atoms. The van der Waals surface area contributed by atoms with Crippen LogP contribution in [0, 0.1) is 35.6 Å². The Morgan fingerprint density at radius 2 is 1.50 bits per heavy atom. The third-order valence-electron chi connectivity index (χ3n) is 1.29. The van der Waals surface area contributed by atoms with Crippen LogP contribution in [0.4, 0.5) is 5.69 Å². The number of carboxylic acid groups (broad SMARTS) is 2. The van der Waals surface area contributed by atoms with Crippen molar-refractivity contribution < 1.29 is 55.4 Å². The zero-order valence-electron chi connectivity index (χ0n) is 6.97. The molecule has 1 aromatic rings. The first kappa shape index (κ1) is 13.1. The molecule has 0 amide bonds. The van der Waals surface area contributed by atoms with Crippen molar-refractivity contribution in [2.75, 3.05) is 5.73 Å². The first-order chi connectivity index (χ1) is 6.00. The summed E-state index contributed by atoms with van der Waals surface area (Å²) in [6.45, 7) is 0. The summed E-state index contributed by atoms with van der Waals surface area (Å²) in [6, 6.07) is 2.18. The Balaban J connectivity index is 0.00000169. The number of nitrogens with two attached hydrogens (primary N) is 1. The Morgan fingerprint density at radius 3 is 1.79 bits per heavy atom. The van der Waals surface area contributed by atoms with Crippen molar-refractivity contribution in [2.24, 2.45) is 0 Å². The fourth-order valence-corrected chi connectivity index (χ4v) is 0.771. The van der Waals surface area contributed by atoms with Crippen LogP contribution in [0.2, 0.25) is 0 Å². The Morgan fingerprint density at radius 1 is 1.14 bits per heavy atom. The van der Waals surface area contributed by atoms with Gasteiger partial charge in [0.1, 0.15) is 0 Å². The fourth-order valence-electron chi connectivity index (χ4n) is 0.771. The van der Waals surface area contributed by atoms with E-state index in [1.165, 1.54) is 0 Å². The van der Waals surface area contributed by atoms with Crippen molar-refractivity contribution in [3.8, 4) is 0 Å². The Labute approximate surface area is 107 Å². The molecule has 1 radical (unpaired) electrons. The van der Waals surface area contributed by atoms with E-state index in [4.69, 9.17) is 15.9 Å². The number of rotatable bonds is 2. The molecule has 0 spiro atoms. The maximum atomic E-state index is 10.4. The van der Waals surface area contributed by atoms with Crippen LogP contribution in [-0.2, 0) is 0 Å². The zero-order chi connectivity index (χ0) is 10.0. The Kier molecular flexibility index (Phi) is 4.75. The van der Waals surface area contributed by atoms with Crippen LogP contribution in [0.5, 0.6) is 0 Å². The van der Waals surface area contributed by atoms with E-state index in [1.54, 1.807) is 0 Å². The molecular formula is C7H6LaN2O4. The molecule has 0 unspecified atom stereocenters. The minimum absolute atomic E-state index is 0. The molecule has 1 heterocycles. The molecule has 71 valence electrons. The number of carbonyl (C=O) groups is 2. The van der Waals surface area contributed by atoms with Crippen molar-refractivity contribution in [1.82, 2.24) is 4.98 Å². The van der Waals surface area contributed by atoms with Gasteiger partial charge in [-0.3, -0.25) is 0 Å². The van der Waals surface area contributed by atoms with E-state index in [-0.39, 0.29) is 52.7 Å². The standard InChI is InChI=1S/C7H6N2O4.La/c8-3-1-4(6(10)11)9-5(2-3)7(12)13;/h1-2H,(H2,8,9)(H,10,11)(H,12,13);. The van der Waals surface area contributed by atoms with E-state index < -0.39 is 11.9 Å². The first-order valence-corrected chi connectivity index (χ1v) is 3.25. The molecule has 6 nitrogen and oxygen atoms in total. The molecule has 0 fully saturated rings. The second kappa shape index (κ2) is 5.09. The van der Waals surface area contributed by atoms with Gasteiger partial charge in [0.05, 0.1) is 0 Å². The topological polar surface area (TPSA) is 114 Å². The quantitative estimate of drug-likeness (QED) is 0.710. The molecule has 0 aliphatic heterocycles. The minimum Gasteiger partial charge on any atom is -0.477 e. The minimum atomic E-state index is -1.31. The van der Waals surface area contributed by atoms with E-state index >= 15 is 0 Å². The number of hydrogen-bond acceptors (Lipinski definition) is 4. The van der Waals surface area contributed by atoms with Gasteiger partial charge >= 0.3 is 11.9 Å². The summed E-state index contributed by atoms with van der Waals surface area (Å²) in [4.78, 5) is 24.2. The summed E-state index contributed by atoms with van der Waals surface area (Å²) in [7, 11) is 0. The smallest absolute Gasteiger partial charge is 0.354 e. The second-order valence-electron chi connectivity index (χ2n) is 2.28. The normalized spacial score (nSPS) is 8.86. The molecular weight excluding hydrogens is 315 g/mol. The number of nitrogens with zero attached hydrogens (tertiary/aromatic N) is 1. The predicted molar refractivity (Wildman–Crippen MR) is 42.6 cm³/mol. The van der Waals surface area contributed by atoms with Crippen LogP contribution in [0.1, 0.15) is 21.0 Å². The van der Waals surface area contributed by atoms with Crippen molar-refractivity contribution in [3.05, 3.63) is 23.5 Å². The summed E-state index contributed by atoms with van der Waals surface area (Å²) in [5.74, 6) is -2.62. The number of aromatic nitrogens is 1. The van der Waals surface area contributed by atoms with E-state index in [2.05, 4.69) is 4.98 Å². The van der Waals surface area contributed by atoms with Gasteiger partial charge in [0, 0.05) is 41.3 Å². The van der Waals surface area contributed by atoms with E-state index in [1.807, 2.05) is 0 Å². The number of pyridine rings is 1. The van der Waals surface area contributed by atoms with Gasteiger partial charge in [-0.25, -0.2) is 14.6 Å². The molecule has 0 aromatic carbocycles. The van der Waals surface area contributed by atoms with Crippen LogP contribution in [0.15, 0.2) is 12.1 Å². The van der Waals surface area contributed by atoms with Gasteiger partial charge in [-0.1, -0.05) is 0 Å². The zero-order valence-corrected chi connectivity index (χ0v) is 10.6. The molecule has 0 aliphatic carbocycles. The molecule has 0 aliphatic rings. The summed E-state index contributed by atoms with van der Waals surface area (Å²) in [6.07, 6.45) is 0. The number of hydrogen-bond donors (Lipinski definition) is 3. The van der Waals surface area contributed by atoms with E-state index in [0.717, 1.165) is 12.1 Å². The number of nitrogen functional groups attached to an aromatic ring is 1. The predicted octanol–water partition coefficient (Wildman–Crippen LogP) is 0.0602. The van der Waals surface area contributed by atoms with Crippen LogP contribution in [0.25, 0.3) is 0 Å². The van der Waals surface area contributed by atoms with Crippen LogP contribution in [-0.4, -0.2) is 27.1 Å². The molecule has 1 rings (SSSR count). The van der Waals surface area contributed by atoms with E-state index in [0.29, 0.717) is 0 Å². The maximum absolute atomic E-state index is 10.4. The van der Waals surface area contributed by atoms with Gasteiger partial charge in [-0.05, 0) is 12.1 Å². The number of carboxylic acids is 2. The largest absolute Gasteiger partial charge is 0.477 e. The Hall–Kier alpha value is -0.915. The van der Waals surface area contributed by atoms with Crippen molar-refractivity contribution in [1.29, 1.82) is 0 Å². The number of aromatic carboxylic acids is 2. The molecule has 0 saturated heterocycles. The first-order valence-electron chi connectivity index (χ1n) is 3.25. The summed E-state index contributed by atoms with van der Waals surface area (Å²) in [5, 5.41) is 17.0. The van der Waals surface area contributed by atoms with Crippen LogP contribution < -0.4 is 5.73 Å². The third-order valence-corrected chi connectivity index (χ3v) is 1.29. The number of anilines is 1. The third kappa shape index (κ3) is 3.10. The van der Waals surface area contributed by atoms with Crippen molar-refractivity contribution in [2.45, 2.75) is 0 Å². The summed E-state index contributed by atoms with van der Waals surface area (Å²) < 4.78 is 0. The molecule has 0 saturated carbocycles. The van der Waals surface area contributed by atoms with E-state index in [9.17, 15) is 9.59 Å². The average Bonchev–Trinajstić information content (AvgIpc) is 2.03. The van der Waals surface area contributed by atoms with Crippen LogP contribution in [0.3, 0.4) is 0 Å². The van der Waals surface area contributed by atoms with Gasteiger partial charge in [0.25, 0.3) is 0 Å². The maximum Gasteiger partial charge on any atom is 0.354 e. The molecule has 1 aromatic heterocycles. The summed E-state index contributed by atoms with van der Waals surface area (Å²) in [5.41, 5.74) is 4.57. The summed E-state index contributed by atoms with van der Waals surface area (Å²) >= 11 is 0. The fraction of sp³-hybridized carbons (Fsp3) is 0. The molecule has 0 atom stereocenters.